The zero-order chi connectivity index (χ0) is 7.61. The van der Waals surface area contributed by atoms with Crippen LogP contribution in [0.5, 0.6) is 0 Å². The van der Waals surface area contributed by atoms with Gasteiger partial charge in [0.05, 0.1) is 6.20 Å². The van der Waals surface area contributed by atoms with Gasteiger partial charge < -0.3 is 0 Å². The summed E-state index contributed by atoms with van der Waals surface area (Å²) in [7, 11) is 0. The van der Waals surface area contributed by atoms with Gasteiger partial charge in [0.1, 0.15) is 0 Å². The minimum Gasteiger partial charge on any atom is -0.255 e. The third-order valence-electron chi connectivity index (χ3n) is 1.13. The second-order valence-electron chi connectivity index (χ2n) is 2.06. The van der Waals surface area contributed by atoms with Gasteiger partial charge in [0.25, 0.3) is 5.92 Å². The molecule has 0 aliphatic rings. The van der Waals surface area contributed by atoms with E-state index in [0.717, 1.165) is 6.92 Å². The first-order valence-electron chi connectivity index (χ1n) is 2.81. The van der Waals surface area contributed by atoms with Crippen molar-refractivity contribution in [3.8, 4) is 0 Å². The number of alkyl halides is 2. The fraction of sp³-hybridized carbons (Fsp3) is 0.286. The van der Waals surface area contributed by atoms with Crippen molar-refractivity contribution in [3.05, 3.63) is 30.1 Å². The average Bonchev–Trinajstić information content (AvgIpc) is 1.88. The maximum Gasteiger partial charge on any atom is 0.270 e. The van der Waals surface area contributed by atoms with Crippen molar-refractivity contribution >= 4 is 0 Å². The molecular formula is C7H6F2N. The van der Waals surface area contributed by atoms with Crippen LogP contribution in [0, 0.1) is 6.20 Å². The van der Waals surface area contributed by atoms with Crippen LogP contribution in [-0.4, -0.2) is 4.98 Å². The number of pyridine rings is 1. The Morgan fingerprint density at radius 2 is 2.30 bits per heavy atom. The Balaban J connectivity index is 2.97. The van der Waals surface area contributed by atoms with E-state index in [4.69, 9.17) is 0 Å². The van der Waals surface area contributed by atoms with Crippen molar-refractivity contribution in [1.29, 1.82) is 0 Å². The third kappa shape index (κ3) is 1.50. The van der Waals surface area contributed by atoms with E-state index >= 15 is 0 Å². The van der Waals surface area contributed by atoms with Gasteiger partial charge in [0.2, 0.25) is 0 Å². The van der Waals surface area contributed by atoms with Crippen LogP contribution < -0.4 is 0 Å². The summed E-state index contributed by atoms with van der Waals surface area (Å²) < 4.78 is 24.8. The molecule has 10 heavy (non-hydrogen) atoms. The lowest BCUT2D eigenvalue weighted by Crippen LogP contribution is -2.06. The van der Waals surface area contributed by atoms with E-state index in [2.05, 4.69) is 11.2 Å². The Labute approximate surface area is 57.7 Å². The Bertz CT molecular complexity index is 203. The van der Waals surface area contributed by atoms with Crippen molar-refractivity contribution in [2.24, 2.45) is 0 Å². The van der Waals surface area contributed by atoms with Gasteiger partial charge in [-0.1, -0.05) is 0 Å². The molecule has 1 aromatic heterocycles. The SMILES string of the molecule is CC(F)(F)c1c[c]ncc1. The normalized spacial score (nSPS) is 11.5. The van der Waals surface area contributed by atoms with Gasteiger partial charge in [-0.2, -0.15) is 0 Å². The molecule has 0 amide bonds. The molecule has 0 unspecified atom stereocenters. The molecule has 3 heteroatoms. The van der Waals surface area contributed by atoms with Crippen LogP contribution in [0.4, 0.5) is 8.78 Å². The molecule has 0 aliphatic carbocycles. The fourth-order valence-corrected chi connectivity index (χ4v) is 0.589. The fourth-order valence-electron chi connectivity index (χ4n) is 0.589. The molecule has 1 aromatic rings. The van der Waals surface area contributed by atoms with E-state index in [1.165, 1.54) is 18.3 Å². The molecule has 0 saturated heterocycles. The van der Waals surface area contributed by atoms with Crippen LogP contribution in [0.1, 0.15) is 12.5 Å². The molecule has 0 aromatic carbocycles. The van der Waals surface area contributed by atoms with Gasteiger partial charge in [-0.05, 0) is 12.1 Å². The Morgan fingerprint density at radius 3 is 2.60 bits per heavy atom. The molecule has 53 valence electrons. The smallest absolute Gasteiger partial charge is 0.255 e. The van der Waals surface area contributed by atoms with Crippen LogP contribution >= 0.6 is 0 Å². The lowest BCUT2D eigenvalue weighted by atomic mass is 10.2. The van der Waals surface area contributed by atoms with Gasteiger partial charge in [-0.25, -0.2) is 8.78 Å². The summed E-state index contributed by atoms with van der Waals surface area (Å²) >= 11 is 0. The lowest BCUT2D eigenvalue weighted by molar-refractivity contribution is 0.0173. The first-order chi connectivity index (χ1) is 4.61. The van der Waals surface area contributed by atoms with Crippen LogP contribution in [-0.2, 0) is 5.92 Å². The van der Waals surface area contributed by atoms with Gasteiger partial charge in [-0.15, -0.1) is 0 Å². The first kappa shape index (κ1) is 7.12. The summed E-state index contributed by atoms with van der Waals surface area (Å²) in [6.07, 6.45) is 3.64. The summed E-state index contributed by atoms with van der Waals surface area (Å²) in [6, 6.07) is 2.45. The van der Waals surface area contributed by atoms with E-state index < -0.39 is 5.92 Å². The predicted octanol–water partition coefficient (Wildman–Crippen LogP) is 1.99. The molecule has 1 nitrogen and oxygen atoms in total. The molecule has 0 saturated carbocycles. The number of rotatable bonds is 1. The van der Waals surface area contributed by atoms with Gasteiger partial charge in [0.15, 0.2) is 0 Å². The Morgan fingerprint density at radius 1 is 1.60 bits per heavy atom. The minimum atomic E-state index is -2.78. The standard InChI is InChI=1S/C7H6F2N/c1-7(8,9)6-2-4-10-5-3-6/h2-4H,1H3. The second-order valence-corrected chi connectivity index (χ2v) is 2.06. The number of nitrogens with zero attached hydrogens (tertiary/aromatic N) is 1. The maximum atomic E-state index is 12.4. The molecule has 1 radical (unpaired) electrons. The van der Waals surface area contributed by atoms with Crippen LogP contribution in [0.15, 0.2) is 18.3 Å². The van der Waals surface area contributed by atoms with E-state index in [-0.39, 0.29) is 5.56 Å². The molecular weight excluding hydrogens is 136 g/mol. The molecule has 0 fully saturated rings. The molecule has 0 spiro atoms. The van der Waals surface area contributed by atoms with Crippen molar-refractivity contribution in [2.75, 3.05) is 0 Å². The van der Waals surface area contributed by atoms with Crippen LogP contribution in [0.3, 0.4) is 0 Å². The molecule has 0 N–H and O–H groups in total. The number of hydrogen-bond donors (Lipinski definition) is 0. The topological polar surface area (TPSA) is 12.9 Å². The minimum absolute atomic E-state index is 0.0532. The highest BCUT2D eigenvalue weighted by atomic mass is 19.3. The summed E-state index contributed by atoms with van der Waals surface area (Å²) in [6.45, 7) is 0.843. The zero-order valence-electron chi connectivity index (χ0n) is 5.44. The van der Waals surface area contributed by atoms with Gasteiger partial charge in [-0.3, -0.25) is 4.98 Å². The van der Waals surface area contributed by atoms with Gasteiger partial charge >= 0.3 is 0 Å². The van der Waals surface area contributed by atoms with Crippen molar-refractivity contribution in [3.63, 3.8) is 0 Å². The van der Waals surface area contributed by atoms with E-state index in [1.54, 1.807) is 0 Å². The highest BCUT2D eigenvalue weighted by Crippen LogP contribution is 2.25. The quantitative estimate of drug-likeness (QED) is 0.584. The average molecular weight is 142 g/mol. The summed E-state index contributed by atoms with van der Waals surface area (Å²) in [5.41, 5.74) is -0.0532. The Hall–Kier alpha value is -0.990. The van der Waals surface area contributed by atoms with Crippen molar-refractivity contribution in [2.45, 2.75) is 12.8 Å². The van der Waals surface area contributed by atoms with E-state index in [0.29, 0.717) is 0 Å². The van der Waals surface area contributed by atoms with Crippen LogP contribution in [0.25, 0.3) is 0 Å². The third-order valence-corrected chi connectivity index (χ3v) is 1.13. The second kappa shape index (κ2) is 2.33. The number of hydrogen-bond acceptors (Lipinski definition) is 1. The largest absolute Gasteiger partial charge is 0.270 e. The molecule has 1 heterocycles. The Kier molecular flexibility index (Phi) is 1.66. The lowest BCUT2D eigenvalue weighted by Gasteiger charge is -2.07. The van der Waals surface area contributed by atoms with E-state index in [1.807, 2.05) is 0 Å². The zero-order valence-corrected chi connectivity index (χ0v) is 5.44. The monoisotopic (exact) mass is 142 g/mol. The van der Waals surface area contributed by atoms with Crippen molar-refractivity contribution in [1.82, 2.24) is 4.98 Å². The molecule has 0 atom stereocenters. The summed E-state index contributed by atoms with van der Waals surface area (Å²) in [5, 5.41) is 0. The highest BCUT2D eigenvalue weighted by molar-refractivity contribution is 5.14. The van der Waals surface area contributed by atoms with Crippen molar-refractivity contribution < 1.29 is 8.78 Å². The highest BCUT2D eigenvalue weighted by Gasteiger charge is 2.23. The van der Waals surface area contributed by atoms with Gasteiger partial charge in [0, 0.05) is 18.7 Å². The van der Waals surface area contributed by atoms with E-state index in [9.17, 15) is 8.78 Å². The number of halogens is 2. The molecule has 1 rings (SSSR count). The summed E-state index contributed by atoms with van der Waals surface area (Å²) in [5.74, 6) is -2.78. The number of aromatic nitrogens is 1. The molecule has 0 aliphatic heterocycles. The van der Waals surface area contributed by atoms with Crippen LogP contribution in [0.2, 0.25) is 0 Å². The predicted molar refractivity (Wildman–Crippen MR) is 32.6 cm³/mol. The molecule has 0 bridgehead atoms. The first-order valence-corrected chi connectivity index (χ1v) is 2.81. The maximum absolute atomic E-state index is 12.4. The summed E-state index contributed by atoms with van der Waals surface area (Å²) in [4.78, 5) is 3.50.